The van der Waals surface area contributed by atoms with Gasteiger partial charge in [0, 0.05) is 6.42 Å². The number of benzene rings is 2. The van der Waals surface area contributed by atoms with Gasteiger partial charge in [0.2, 0.25) is 11.0 Å². The van der Waals surface area contributed by atoms with Crippen molar-refractivity contribution in [2.45, 2.75) is 25.2 Å². The fraction of sp³-hybridized carbons (Fsp3) is 0.222. The van der Waals surface area contributed by atoms with Crippen LogP contribution in [0.15, 0.2) is 47.4 Å². The second kappa shape index (κ2) is 7.43. The summed E-state index contributed by atoms with van der Waals surface area (Å²) in [5.74, 6) is -0.653. The summed E-state index contributed by atoms with van der Waals surface area (Å²) < 4.78 is 25.4. The molecule has 0 aliphatic heterocycles. The molecule has 1 amide bonds. The maximum absolute atomic E-state index is 12.2. The van der Waals surface area contributed by atoms with Crippen LogP contribution < -0.4 is 10.9 Å². The Morgan fingerprint density at radius 1 is 1.12 bits per heavy atom. The molecule has 3 rings (SSSR count). The Balaban J connectivity index is 1.59. The number of aromatic nitrogens is 1. The lowest BCUT2D eigenvalue weighted by Gasteiger charge is -2.06. The Kier molecular flexibility index (Phi) is 5.24. The number of hydrogen-bond acceptors (Lipinski definition) is 6. The van der Waals surface area contributed by atoms with Crippen molar-refractivity contribution in [2.24, 2.45) is 0 Å². The molecule has 8 heteroatoms. The monoisotopic (exact) mass is 389 g/mol. The second-order valence-corrected chi connectivity index (χ2v) is 9.07. The van der Waals surface area contributed by atoms with Gasteiger partial charge in [0.05, 0.1) is 20.9 Å². The van der Waals surface area contributed by atoms with E-state index in [9.17, 15) is 13.2 Å². The summed E-state index contributed by atoms with van der Waals surface area (Å²) >= 11 is 1.43. The molecule has 0 aliphatic rings. The van der Waals surface area contributed by atoms with Crippen LogP contribution >= 0.6 is 11.3 Å². The van der Waals surface area contributed by atoms with Gasteiger partial charge in [-0.3, -0.25) is 15.6 Å². The molecule has 0 atom stereocenters. The van der Waals surface area contributed by atoms with Gasteiger partial charge in [0.1, 0.15) is 0 Å². The molecule has 0 saturated carbocycles. The predicted octanol–water partition coefficient (Wildman–Crippen LogP) is 3.22. The average molecular weight is 390 g/mol. The number of nitrogens with zero attached hydrogens (tertiary/aromatic N) is 1. The zero-order valence-electron chi connectivity index (χ0n) is 14.4. The molecule has 0 spiro atoms. The number of amides is 1. The molecule has 3 aromatic rings. The van der Waals surface area contributed by atoms with Crippen molar-refractivity contribution in [3.63, 3.8) is 0 Å². The van der Waals surface area contributed by atoms with Crippen LogP contribution in [0.4, 0.5) is 5.13 Å². The molecule has 0 fully saturated rings. The third kappa shape index (κ3) is 4.03. The third-order valence-electron chi connectivity index (χ3n) is 4.09. The summed E-state index contributed by atoms with van der Waals surface area (Å²) in [5.41, 5.74) is 8.44. The number of nitrogens with one attached hydrogen (secondary N) is 2. The zero-order chi connectivity index (χ0) is 18.7. The van der Waals surface area contributed by atoms with Crippen LogP contribution in [-0.4, -0.2) is 25.1 Å². The SMILES string of the molecule is Cc1ccc2sc(NNC(=O)CCS(=O)(=O)c3ccccc3)nc2c1C. The van der Waals surface area contributed by atoms with E-state index in [1.807, 2.05) is 26.0 Å². The number of hydrogen-bond donors (Lipinski definition) is 2. The van der Waals surface area contributed by atoms with E-state index in [2.05, 4.69) is 15.8 Å². The van der Waals surface area contributed by atoms with E-state index >= 15 is 0 Å². The molecule has 1 heterocycles. The predicted molar refractivity (Wildman–Crippen MR) is 104 cm³/mol. The Bertz CT molecular complexity index is 1040. The second-order valence-electron chi connectivity index (χ2n) is 5.93. The average Bonchev–Trinajstić information content (AvgIpc) is 3.06. The molecule has 0 aliphatic carbocycles. The van der Waals surface area contributed by atoms with Crippen molar-refractivity contribution < 1.29 is 13.2 Å². The molecule has 0 radical (unpaired) electrons. The van der Waals surface area contributed by atoms with Crippen molar-refractivity contribution in [1.29, 1.82) is 0 Å². The first-order chi connectivity index (χ1) is 12.4. The highest BCUT2D eigenvalue weighted by atomic mass is 32.2. The molecule has 2 N–H and O–H groups in total. The van der Waals surface area contributed by atoms with Crippen molar-refractivity contribution in [3.05, 3.63) is 53.6 Å². The molecule has 136 valence electrons. The lowest BCUT2D eigenvalue weighted by atomic mass is 10.1. The van der Waals surface area contributed by atoms with E-state index in [4.69, 9.17) is 0 Å². The first-order valence-electron chi connectivity index (χ1n) is 8.06. The Morgan fingerprint density at radius 3 is 2.58 bits per heavy atom. The van der Waals surface area contributed by atoms with E-state index in [-0.39, 0.29) is 17.1 Å². The first-order valence-corrected chi connectivity index (χ1v) is 10.5. The summed E-state index contributed by atoms with van der Waals surface area (Å²) in [6.07, 6.45) is -0.132. The van der Waals surface area contributed by atoms with E-state index < -0.39 is 15.7 Å². The standard InChI is InChI=1S/C18H19N3O3S2/c1-12-8-9-15-17(13(12)2)19-18(25-15)21-20-16(22)10-11-26(23,24)14-6-4-3-5-7-14/h3-9H,10-11H2,1-2H3,(H,19,21)(H,20,22). The van der Waals surface area contributed by atoms with Gasteiger partial charge in [-0.25, -0.2) is 13.4 Å². The third-order valence-corrected chi connectivity index (χ3v) is 6.76. The number of rotatable bonds is 6. The minimum absolute atomic E-state index is 0.132. The van der Waals surface area contributed by atoms with Gasteiger partial charge in [-0.2, -0.15) is 0 Å². The lowest BCUT2D eigenvalue weighted by Crippen LogP contribution is -2.30. The highest BCUT2D eigenvalue weighted by Crippen LogP contribution is 2.29. The van der Waals surface area contributed by atoms with E-state index in [0.717, 1.165) is 21.3 Å². The molecule has 0 unspecified atom stereocenters. The molecular weight excluding hydrogens is 370 g/mol. The van der Waals surface area contributed by atoms with Gasteiger partial charge in [-0.05, 0) is 43.2 Å². The highest BCUT2D eigenvalue weighted by molar-refractivity contribution is 7.91. The minimum Gasteiger partial charge on any atom is -0.273 e. The van der Waals surface area contributed by atoms with Crippen LogP contribution in [0.1, 0.15) is 17.5 Å². The van der Waals surface area contributed by atoms with E-state index in [1.54, 1.807) is 18.2 Å². The topological polar surface area (TPSA) is 88.2 Å². The largest absolute Gasteiger partial charge is 0.273 e. The Hall–Kier alpha value is -2.45. The van der Waals surface area contributed by atoms with Gasteiger partial charge in [-0.15, -0.1) is 0 Å². The number of carbonyl (C=O) groups excluding carboxylic acids is 1. The highest BCUT2D eigenvalue weighted by Gasteiger charge is 2.16. The van der Waals surface area contributed by atoms with Crippen LogP contribution in [-0.2, 0) is 14.6 Å². The van der Waals surface area contributed by atoms with Gasteiger partial charge < -0.3 is 0 Å². The lowest BCUT2D eigenvalue weighted by molar-refractivity contribution is -0.120. The summed E-state index contributed by atoms with van der Waals surface area (Å²) in [6, 6.07) is 12.1. The van der Waals surface area contributed by atoms with Crippen LogP contribution in [0.25, 0.3) is 10.2 Å². The number of hydrazine groups is 1. The van der Waals surface area contributed by atoms with Crippen LogP contribution in [0.5, 0.6) is 0 Å². The molecular formula is C18H19N3O3S2. The van der Waals surface area contributed by atoms with E-state index in [1.165, 1.54) is 23.5 Å². The fourth-order valence-corrected chi connectivity index (χ4v) is 4.58. The summed E-state index contributed by atoms with van der Waals surface area (Å²) in [5, 5.41) is 0.563. The number of fused-ring (bicyclic) bond motifs is 1. The first kappa shape index (κ1) is 18.3. The smallest absolute Gasteiger partial charge is 0.239 e. The van der Waals surface area contributed by atoms with Crippen molar-refractivity contribution in [2.75, 3.05) is 11.2 Å². The van der Waals surface area contributed by atoms with Gasteiger partial charge in [-0.1, -0.05) is 35.6 Å². The zero-order valence-corrected chi connectivity index (χ0v) is 16.1. The number of aryl methyl sites for hydroxylation is 2. The maximum Gasteiger partial charge on any atom is 0.239 e. The number of thiazole rings is 1. The van der Waals surface area contributed by atoms with Gasteiger partial charge in [0.15, 0.2) is 9.84 Å². The van der Waals surface area contributed by atoms with Crippen LogP contribution in [0, 0.1) is 13.8 Å². The number of carbonyl (C=O) groups is 1. The number of anilines is 1. The van der Waals surface area contributed by atoms with Crippen LogP contribution in [0.2, 0.25) is 0 Å². The van der Waals surface area contributed by atoms with Crippen molar-refractivity contribution >= 4 is 42.4 Å². The molecule has 26 heavy (non-hydrogen) atoms. The van der Waals surface area contributed by atoms with Crippen molar-refractivity contribution in [1.82, 2.24) is 10.4 Å². The molecule has 1 aromatic heterocycles. The molecule has 2 aromatic carbocycles. The van der Waals surface area contributed by atoms with Crippen LogP contribution in [0.3, 0.4) is 0 Å². The quantitative estimate of drug-likeness (QED) is 0.632. The van der Waals surface area contributed by atoms with Crippen molar-refractivity contribution in [3.8, 4) is 0 Å². The molecule has 0 saturated heterocycles. The molecule has 6 nitrogen and oxygen atoms in total. The summed E-state index contributed by atoms with van der Waals surface area (Å²) in [6.45, 7) is 4.03. The fourth-order valence-electron chi connectivity index (χ4n) is 2.44. The molecule has 0 bridgehead atoms. The minimum atomic E-state index is -3.47. The van der Waals surface area contributed by atoms with Gasteiger partial charge >= 0.3 is 0 Å². The Morgan fingerprint density at radius 2 is 1.85 bits per heavy atom. The summed E-state index contributed by atoms with van der Waals surface area (Å²) in [7, 11) is -3.47. The summed E-state index contributed by atoms with van der Waals surface area (Å²) in [4.78, 5) is 16.7. The van der Waals surface area contributed by atoms with E-state index in [0.29, 0.717) is 5.13 Å². The Labute approximate surface area is 156 Å². The number of sulfone groups is 1. The van der Waals surface area contributed by atoms with Gasteiger partial charge in [0.25, 0.3) is 0 Å². The maximum atomic E-state index is 12.2. The normalized spacial score (nSPS) is 11.5.